The molecule has 0 spiro atoms. The third-order valence-electron chi connectivity index (χ3n) is 3.93. The molecule has 0 bridgehead atoms. The number of H-pyrrole nitrogens is 1. The largest absolute Gasteiger partial charge is 0.358 e. The van der Waals surface area contributed by atoms with Gasteiger partial charge in [-0.05, 0) is 30.9 Å². The van der Waals surface area contributed by atoms with Gasteiger partial charge in [0.05, 0.1) is 0 Å². The first-order chi connectivity index (χ1) is 8.74. The fourth-order valence-corrected chi connectivity index (χ4v) is 2.96. The molecule has 0 saturated heterocycles. The van der Waals surface area contributed by atoms with Gasteiger partial charge < -0.3 is 4.98 Å². The van der Waals surface area contributed by atoms with Gasteiger partial charge in [0.15, 0.2) is 0 Å². The highest BCUT2D eigenvalue weighted by Crippen LogP contribution is 2.31. The van der Waals surface area contributed by atoms with E-state index in [1.54, 1.807) is 0 Å². The summed E-state index contributed by atoms with van der Waals surface area (Å²) in [7, 11) is 0. The van der Waals surface area contributed by atoms with E-state index >= 15 is 0 Å². The van der Waals surface area contributed by atoms with Crippen LogP contribution < -0.4 is 0 Å². The summed E-state index contributed by atoms with van der Waals surface area (Å²) in [6.45, 7) is 6.85. The third kappa shape index (κ3) is 2.77. The van der Waals surface area contributed by atoms with E-state index in [9.17, 15) is 0 Å². The van der Waals surface area contributed by atoms with Crippen molar-refractivity contribution in [3.05, 3.63) is 35.5 Å². The molecule has 2 aromatic rings. The summed E-state index contributed by atoms with van der Waals surface area (Å²) in [6.07, 6.45) is 6.74. The first kappa shape index (κ1) is 13.2. The van der Waals surface area contributed by atoms with E-state index in [0.717, 1.165) is 0 Å². The number of hydrogen-bond acceptors (Lipinski definition) is 0. The summed E-state index contributed by atoms with van der Waals surface area (Å²) in [6, 6.07) is 8.67. The molecular formula is C17H25N. The van der Waals surface area contributed by atoms with Crippen LogP contribution in [0.1, 0.15) is 63.1 Å². The first-order valence-corrected chi connectivity index (χ1v) is 7.31. The quantitative estimate of drug-likeness (QED) is 0.640. The van der Waals surface area contributed by atoms with Crippen molar-refractivity contribution >= 4 is 10.9 Å². The summed E-state index contributed by atoms with van der Waals surface area (Å²) in [5, 5.41) is 1.41. The molecule has 1 aromatic heterocycles. The van der Waals surface area contributed by atoms with E-state index in [0.29, 0.717) is 5.92 Å². The second-order valence-corrected chi connectivity index (χ2v) is 5.46. The molecule has 1 N–H and O–H groups in total. The van der Waals surface area contributed by atoms with Gasteiger partial charge in [-0.1, -0.05) is 57.7 Å². The lowest BCUT2D eigenvalue weighted by Crippen LogP contribution is -1.95. The minimum absolute atomic E-state index is 0.665. The predicted octanol–water partition coefficient (Wildman–Crippen LogP) is 5.55. The molecule has 18 heavy (non-hydrogen) atoms. The van der Waals surface area contributed by atoms with Crippen LogP contribution in [0.4, 0.5) is 0 Å². The average Bonchev–Trinajstić information content (AvgIpc) is 2.70. The summed E-state index contributed by atoms with van der Waals surface area (Å²) in [5.41, 5.74) is 4.16. The molecule has 1 nitrogen and oxygen atoms in total. The van der Waals surface area contributed by atoms with Gasteiger partial charge in [0.2, 0.25) is 0 Å². The minimum atomic E-state index is 0.665. The van der Waals surface area contributed by atoms with Crippen LogP contribution >= 0.6 is 0 Å². The Hall–Kier alpha value is -1.24. The highest BCUT2D eigenvalue weighted by Gasteiger charge is 2.14. The van der Waals surface area contributed by atoms with Crippen LogP contribution in [0.25, 0.3) is 10.9 Å². The Bertz CT molecular complexity index is 495. The Morgan fingerprint density at radius 1 is 1.11 bits per heavy atom. The molecule has 0 saturated carbocycles. The Labute approximate surface area is 111 Å². The molecule has 1 aromatic carbocycles. The smallest absolute Gasteiger partial charge is 0.0458 e. The van der Waals surface area contributed by atoms with Crippen LogP contribution in [0.2, 0.25) is 0 Å². The number of para-hydroxylation sites is 1. The van der Waals surface area contributed by atoms with Gasteiger partial charge >= 0.3 is 0 Å². The molecule has 1 heterocycles. The zero-order chi connectivity index (χ0) is 13.0. The maximum Gasteiger partial charge on any atom is 0.0458 e. The van der Waals surface area contributed by atoms with Crippen molar-refractivity contribution in [3.63, 3.8) is 0 Å². The van der Waals surface area contributed by atoms with E-state index in [4.69, 9.17) is 0 Å². The fraction of sp³-hybridized carbons (Fsp3) is 0.529. The van der Waals surface area contributed by atoms with Crippen LogP contribution in [0.5, 0.6) is 0 Å². The molecule has 0 amide bonds. The number of aromatic amines is 1. The van der Waals surface area contributed by atoms with Crippen molar-refractivity contribution in [2.24, 2.45) is 0 Å². The van der Waals surface area contributed by atoms with Gasteiger partial charge in [0.25, 0.3) is 0 Å². The zero-order valence-electron chi connectivity index (χ0n) is 11.9. The highest BCUT2D eigenvalue weighted by atomic mass is 14.7. The minimum Gasteiger partial charge on any atom is -0.358 e. The zero-order valence-corrected chi connectivity index (χ0v) is 11.9. The third-order valence-corrected chi connectivity index (χ3v) is 3.93. The molecule has 1 unspecified atom stereocenters. The van der Waals surface area contributed by atoms with E-state index in [1.807, 2.05) is 0 Å². The van der Waals surface area contributed by atoms with Crippen molar-refractivity contribution in [1.82, 2.24) is 4.98 Å². The fourth-order valence-electron chi connectivity index (χ4n) is 2.96. The lowest BCUT2D eigenvalue weighted by Gasteiger charge is -2.12. The second kappa shape index (κ2) is 6.08. The van der Waals surface area contributed by atoms with Crippen LogP contribution in [-0.4, -0.2) is 4.98 Å². The number of nitrogens with one attached hydrogen (secondary N) is 1. The van der Waals surface area contributed by atoms with Gasteiger partial charge in [0, 0.05) is 16.6 Å². The molecule has 0 aliphatic rings. The van der Waals surface area contributed by atoms with E-state index in [2.05, 4.69) is 50.0 Å². The number of rotatable bonds is 6. The van der Waals surface area contributed by atoms with Crippen molar-refractivity contribution in [2.75, 3.05) is 0 Å². The standard InChI is InChI=1S/C17H25N/c1-4-5-6-7-10-13(2)17-14(3)18-16-12-9-8-11-15(16)17/h8-9,11-13,18H,4-7,10H2,1-3H3. The van der Waals surface area contributed by atoms with E-state index in [-0.39, 0.29) is 0 Å². The summed E-state index contributed by atoms with van der Waals surface area (Å²) >= 11 is 0. The van der Waals surface area contributed by atoms with Crippen LogP contribution in [0, 0.1) is 6.92 Å². The second-order valence-electron chi connectivity index (χ2n) is 5.46. The molecule has 2 rings (SSSR count). The molecular weight excluding hydrogens is 218 g/mol. The van der Waals surface area contributed by atoms with E-state index < -0.39 is 0 Å². The van der Waals surface area contributed by atoms with Gasteiger partial charge in [-0.15, -0.1) is 0 Å². The molecule has 0 fully saturated rings. The number of unbranched alkanes of at least 4 members (excludes halogenated alkanes) is 3. The van der Waals surface area contributed by atoms with Crippen molar-refractivity contribution in [2.45, 2.75) is 58.8 Å². The van der Waals surface area contributed by atoms with Gasteiger partial charge in [-0.25, -0.2) is 0 Å². The van der Waals surface area contributed by atoms with Gasteiger partial charge in [0.1, 0.15) is 0 Å². The van der Waals surface area contributed by atoms with Crippen molar-refractivity contribution in [3.8, 4) is 0 Å². The predicted molar refractivity (Wildman–Crippen MR) is 80.2 cm³/mol. The Kier molecular flexibility index (Phi) is 4.46. The molecule has 98 valence electrons. The lowest BCUT2D eigenvalue weighted by molar-refractivity contribution is 0.580. The number of hydrogen-bond donors (Lipinski definition) is 1. The first-order valence-electron chi connectivity index (χ1n) is 7.31. The number of aryl methyl sites for hydroxylation is 1. The highest BCUT2D eigenvalue weighted by molar-refractivity contribution is 5.85. The Morgan fingerprint density at radius 2 is 1.89 bits per heavy atom. The van der Waals surface area contributed by atoms with Crippen molar-refractivity contribution < 1.29 is 0 Å². The van der Waals surface area contributed by atoms with E-state index in [1.165, 1.54) is 54.3 Å². The SMILES string of the molecule is CCCCCCC(C)c1c(C)[nH]c2ccccc12. The van der Waals surface area contributed by atoms with Crippen LogP contribution in [0.3, 0.4) is 0 Å². The molecule has 1 atom stereocenters. The summed E-state index contributed by atoms with van der Waals surface area (Å²) in [5.74, 6) is 0.665. The van der Waals surface area contributed by atoms with Gasteiger partial charge in [-0.3, -0.25) is 0 Å². The van der Waals surface area contributed by atoms with Crippen LogP contribution in [-0.2, 0) is 0 Å². The summed E-state index contributed by atoms with van der Waals surface area (Å²) in [4.78, 5) is 3.51. The molecule has 0 aliphatic carbocycles. The maximum absolute atomic E-state index is 3.51. The monoisotopic (exact) mass is 243 g/mol. The molecule has 0 aliphatic heterocycles. The van der Waals surface area contributed by atoms with Gasteiger partial charge in [-0.2, -0.15) is 0 Å². The maximum atomic E-state index is 3.51. The number of fused-ring (bicyclic) bond motifs is 1. The Morgan fingerprint density at radius 3 is 2.67 bits per heavy atom. The number of benzene rings is 1. The summed E-state index contributed by atoms with van der Waals surface area (Å²) < 4.78 is 0. The lowest BCUT2D eigenvalue weighted by atomic mass is 9.92. The Balaban J connectivity index is 2.12. The van der Waals surface area contributed by atoms with Crippen LogP contribution in [0.15, 0.2) is 24.3 Å². The average molecular weight is 243 g/mol. The normalized spacial score (nSPS) is 13.1. The number of aromatic nitrogens is 1. The molecule has 1 heteroatoms. The molecule has 0 radical (unpaired) electrons. The van der Waals surface area contributed by atoms with Crippen molar-refractivity contribution in [1.29, 1.82) is 0 Å². The topological polar surface area (TPSA) is 15.8 Å².